The number of nitro benzene ring substituents is 1. The fraction of sp³-hybridized carbons (Fsp3) is 0.111. The molecule has 3 rings (SSSR count). The Morgan fingerprint density at radius 3 is 2.55 bits per heavy atom. The molecular weight excluding hydrogens is 278 g/mol. The number of nitrogens with zero attached hydrogens (tertiary/aromatic N) is 1. The molecule has 1 aliphatic rings. The van der Waals surface area contributed by atoms with Gasteiger partial charge in [-0.15, -0.1) is 0 Å². The number of nitro groups is 1. The number of benzene rings is 2. The number of rotatable bonds is 1. The highest BCUT2D eigenvalue weighted by molar-refractivity contribution is 5.59. The summed E-state index contributed by atoms with van der Waals surface area (Å²) in [5.41, 5.74) is 2.60. The number of aliphatic hydroxyl groups is 1. The maximum absolute atomic E-state index is 10.6. The van der Waals surface area contributed by atoms with E-state index in [0.717, 1.165) is 11.1 Å². The van der Waals surface area contributed by atoms with Gasteiger partial charge in [-0.05, 0) is 23.3 Å². The van der Waals surface area contributed by atoms with Crippen molar-refractivity contribution < 1.29 is 10.0 Å². The summed E-state index contributed by atoms with van der Waals surface area (Å²) in [4.78, 5) is 10.2. The van der Waals surface area contributed by atoms with Crippen molar-refractivity contribution in [1.82, 2.24) is 0 Å². The van der Waals surface area contributed by atoms with Crippen LogP contribution in [0, 0.1) is 27.9 Å². The van der Waals surface area contributed by atoms with Gasteiger partial charge >= 0.3 is 0 Å². The lowest BCUT2D eigenvalue weighted by molar-refractivity contribution is -0.384. The fourth-order valence-electron chi connectivity index (χ4n) is 2.40. The van der Waals surface area contributed by atoms with E-state index in [9.17, 15) is 15.2 Å². The zero-order valence-corrected chi connectivity index (χ0v) is 11.6. The molecule has 0 bridgehead atoms. The summed E-state index contributed by atoms with van der Waals surface area (Å²) in [5.74, 6) is 5.69. The largest absolute Gasteiger partial charge is 0.387 e. The van der Waals surface area contributed by atoms with Crippen LogP contribution in [0.2, 0.25) is 0 Å². The average molecular weight is 291 g/mol. The molecule has 1 N–H and O–H groups in total. The van der Waals surface area contributed by atoms with E-state index in [1.807, 2.05) is 36.4 Å². The summed E-state index contributed by atoms with van der Waals surface area (Å²) in [6.45, 7) is 0. The molecule has 0 amide bonds. The van der Waals surface area contributed by atoms with Crippen molar-refractivity contribution in [3.05, 3.63) is 81.4 Å². The lowest BCUT2D eigenvalue weighted by atomic mass is 9.87. The van der Waals surface area contributed by atoms with E-state index < -0.39 is 11.0 Å². The predicted molar refractivity (Wildman–Crippen MR) is 83.9 cm³/mol. The molecule has 2 unspecified atom stereocenters. The van der Waals surface area contributed by atoms with Gasteiger partial charge in [0.05, 0.1) is 16.9 Å². The molecule has 0 saturated carbocycles. The van der Waals surface area contributed by atoms with E-state index in [1.165, 1.54) is 12.1 Å². The molecule has 0 saturated heterocycles. The Morgan fingerprint density at radius 1 is 1.09 bits per heavy atom. The molecule has 2 aromatic rings. The maximum atomic E-state index is 10.6. The second kappa shape index (κ2) is 5.84. The molecule has 0 spiro atoms. The topological polar surface area (TPSA) is 63.4 Å². The van der Waals surface area contributed by atoms with Crippen LogP contribution in [0.25, 0.3) is 6.08 Å². The Balaban J connectivity index is 1.82. The minimum atomic E-state index is -0.660. The zero-order valence-electron chi connectivity index (χ0n) is 11.6. The molecule has 0 aliphatic heterocycles. The van der Waals surface area contributed by atoms with E-state index in [1.54, 1.807) is 12.1 Å². The highest BCUT2D eigenvalue weighted by atomic mass is 16.6. The Bertz CT molecular complexity index is 797. The Kier molecular flexibility index (Phi) is 3.73. The molecule has 4 nitrogen and oxygen atoms in total. The van der Waals surface area contributed by atoms with E-state index in [-0.39, 0.29) is 11.6 Å². The van der Waals surface area contributed by atoms with Gasteiger partial charge in [-0.1, -0.05) is 48.3 Å². The Hall–Kier alpha value is -2.90. The summed E-state index contributed by atoms with van der Waals surface area (Å²) in [6, 6.07) is 13.7. The molecule has 108 valence electrons. The monoisotopic (exact) mass is 291 g/mol. The summed E-state index contributed by atoms with van der Waals surface area (Å²) in [6.07, 6.45) is 3.18. The average Bonchev–Trinajstić information content (AvgIpc) is 2.55. The van der Waals surface area contributed by atoms with Gasteiger partial charge in [0, 0.05) is 17.7 Å². The van der Waals surface area contributed by atoms with Gasteiger partial charge in [-0.3, -0.25) is 10.1 Å². The first-order chi connectivity index (χ1) is 10.6. The minimum absolute atomic E-state index is 0.0390. The molecule has 2 atom stereocenters. The van der Waals surface area contributed by atoms with Crippen molar-refractivity contribution in [2.45, 2.75) is 6.10 Å². The molecule has 1 aliphatic carbocycles. The molecule has 0 heterocycles. The van der Waals surface area contributed by atoms with Crippen molar-refractivity contribution in [3.63, 3.8) is 0 Å². The zero-order chi connectivity index (χ0) is 15.5. The first kappa shape index (κ1) is 14.1. The van der Waals surface area contributed by atoms with Crippen molar-refractivity contribution in [2.75, 3.05) is 0 Å². The summed E-state index contributed by atoms with van der Waals surface area (Å²) in [5, 5.41) is 21.0. The van der Waals surface area contributed by atoms with Crippen LogP contribution in [0.4, 0.5) is 5.69 Å². The molecular formula is C18H13NO3. The molecule has 0 aromatic heterocycles. The Morgan fingerprint density at radius 2 is 1.82 bits per heavy atom. The fourth-order valence-corrected chi connectivity index (χ4v) is 2.40. The highest BCUT2D eigenvalue weighted by Gasteiger charge is 2.22. The molecule has 4 heteroatoms. The third-order valence-electron chi connectivity index (χ3n) is 3.60. The van der Waals surface area contributed by atoms with Crippen molar-refractivity contribution in [2.24, 2.45) is 5.92 Å². The van der Waals surface area contributed by atoms with Gasteiger partial charge < -0.3 is 5.11 Å². The number of hydrogen-bond acceptors (Lipinski definition) is 3. The number of aliphatic hydroxyl groups excluding tert-OH is 1. The van der Waals surface area contributed by atoms with Gasteiger partial charge in [0.25, 0.3) is 5.69 Å². The molecule has 0 fully saturated rings. The van der Waals surface area contributed by atoms with Gasteiger partial charge in [0.15, 0.2) is 0 Å². The van der Waals surface area contributed by atoms with E-state index in [2.05, 4.69) is 11.8 Å². The third kappa shape index (κ3) is 2.76. The van der Waals surface area contributed by atoms with Crippen LogP contribution >= 0.6 is 0 Å². The predicted octanol–water partition coefficient (Wildman–Crippen LogP) is 3.32. The van der Waals surface area contributed by atoms with Crippen LogP contribution in [0.1, 0.15) is 22.8 Å². The lowest BCUT2D eigenvalue weighted by Crippen LogP contribution is -2.13. The normalized spacial score (nSPS) is 19.0. The van der Waals surface area contributed by atoms with E-state index in [0.29, 0.717) is 5.56 Å². The van der Waals surface area contributed by atoms with Gasteiger partial charge in [0.2, 0.25) is 0 Å². The van der Waals surface area contributed by atoms with Crippen molar-refractivity contribution >= 4 is 11.8 Å². The summed E-state index contributed by atoms with van der Waals surface area (Å²) >= 11 is 0. The van der Waals surface area contributed by atoms with Crippen LogP contribution in [0.15, 0.2) is 54.6 Å². The SMILES string of the molecule is O=[N+]([O-])c1ccc(C#CC2C=Cc3ccccc3C2O)cc1. The smallest absolute Gasteiger partial charge is 0.269 e. The van der Waals surface area contributed by atoms with Crippen LogP contribution in [-0.2, 0) is 0 Å². The van der Waals surface area contributed by atoms with E-state index >= 15 is 0 Å². The second-order valence-electron chi connectivity index (χ2n) is 5.03. The lowest BCUT2D eigenvalue weighted by Gasteiger charge is -2.21. The first-order valence-electron chi connectivity index (χ1n) is 6.86. The summed E-state index contributed by atoms with van der Waals surface area (Å²) < 4.78 is 0. The van der Waals surface area contributed by atoms with Crippen molar-refractivity contribution in [1.29, 1.82) is 0 Å². The highest BCUT2D eigenvalue weighted by Crippen LogP contribution is 2.31. The number of hydrogen-bond donors (Lipinski definition) is 1. The number of fused-ring (bicyclic) bond motifs is 1. The van der Waals surface area contributed by atoms with E-state index in [4.69, 9.17) is 0 Å². The van der Waals surface area contributed by atoms with Crippen LogP contribution in [0.5, 0.6) is 0 Å². The minimum Gasteiger partial charge on any atom is -0.387 e. The van der Waals surface area contributed by atoms with Gasteiger partial charge in [-0.25, -0.2) is 0 Å². The number of non-ortho nitro benzene ring substituents is 1. The third-order valence-corrected chi connectivity index (χ3v) is 3.60. The van der Waals surface area contributed by atoms with Crippen LogP contribution in [0.3, 0.4) is 0 Å². The van der Waals surface area contributed by atoms with Crippen molar-refractivity contribution in [3.8, 4) is 11.8 Å². The van der Waals surface area contributed by atoms with Gasteiger partial charge in [0.1, 0.15) is 0 Å². The second-order valence-corrected chi connectivity index (χ2v) is 5.03. The summed E-state index contributed by atoms with van der Waals surface area (Å²) in [7, 11) is 0. The quantitative estimate of drug-likeness (QED) is 0.498. The molecule has 22 heavy (non-hydrogen) atoms. The molecule has 2 aromatic carbocycles. The van der Waals surface area contributed by atoms with Crippen LogP contribution in [-0.4, -0.2) is 10.0 Å². The molecule has 0 radical (unpaired) electrons. The van der Waals surface area contributed by atoms with Crippen LogP contribution < -0.4 is 0 Å². The maximum Gasteiger partial charge on any atom is 0.269 e. The van der Waals surface area contributed by atoms with Gasteiger partial charge in [-0.2, -0.15) is 0 Å². The standard InChI is InChI=1S/C18H13NO3/c20-18-15(10-9-14-3-1-2-4-17(14)18)8-5-13-6-11-16(12-7-13)19(21)22/h1-4,6-7,9-12,15,18,20H. The Labute approximate surface area is 127 Å². The first-order valence-corrected chi connectivity index (χ1v) is 6.86.